The maximum absolute atomic E-state index is 11.2. The van der Waals surface area contributed by atoms with Crippen LogP contribution in [-0.2, 0) is 9.53 Å². The molecule has 0 spiro atoms. The molecule has 17 heavy (non-hydrogen) atoms. The van der Waals surface area contributed by atoms with Crippen LogP contribution in [0.1, 0.15) is 13.3 Å². The van der Waals surface area contributed by atoms with E-state index in [0.717, 1.165) is 4.90 Å². The standard InChI is InChI=1S/C11H11Cl3O2S/c1-2-16-11(15)6-10(14)17-7-3-4-8(12)9(13)5-7/h3-5,10H,2,6H2,1H3. The molecule has 1 aromatic rings. The van der Waals surface area contributed by atoms with Crippen LogP contribution in [0.4, 0.5) is 0 Å². The van der Waals surface area contributed by atoms with Gasteiger partial charge in [0.25, 0.3) is 0 Å². The van der Waals surface area contributed by atoms with Crippen LogP contribution >= 0.6 is 46.6 Å². The summed E-state index contributed by atoms with van der Waals surface area (Å²) in [5.41, 5.74) is 0. The number of carbonyl (C=O) groups is 1. The van der Waals surface area contributed by atoms with Gasteiger partial charge in [0, 0.05) is 4.90 Å². The number of alkyl halides is 1. The molecule has 0 aromatic heterocycles. The second kappa shape index (κ2) is 7.37. The van der Waals surface area contributed by atoms with Crippen LogP contribution in [0.2, 0.25) is 10.0 Å². The molecule has 94 valence electrons. The quantitative estimate of drug-likeness (QED) is 0.451. The van der Waals surface area contributed by atoms with Crippen molar-refractivity contribution in [1.29, 1.82) is 0 Å². The average molecular weight is 314 g/mol. The van der Waals surface area contributed by atoms with E-state index in [9.17, 15) is 4.79 Å². The van der Waals surface area contributed by atoms with Crippen molar-refractivity contribution >= 4 is 52.5 Å². The maximum Gasteiger partial charge on any atom is 0.308 e. The summed E-state index contributed by atoms with van der Waals surface area (Å²) in [7, 11) is 0. The van der Waals surface area contributed by atoms with E-state index in [1.165, 1.54) is 11.8 Å². The molecule has 0 radical (unpaired) electrons. The van der Waals surface area contributed by atoms with E-state index >= 15 is 0 Å². The number of esters is 1. The predicted molar refractivity (Wildman–Crippen MR) is 73.2 cm³/mol. The van der Waals surface area contributed by atoms with Crippen molar-refractivity contribution in [3.63, 3.8) is 0 Å². The molecule has 0 fully saturated rings. The summed E-state index contributed by atoms with van der Waals surface area (Å²) in [4.78, 5) is 12.1. The fourth-order valence-electron chi connectivity index (χ4n) is 1.09. The van der Waals surface area contributed by atoms with E-state index in [1.54, 1.807) is 25.1 Å². The summed E-state index contributed by atoms with van der Waals surface area (Å²) in [6.07, 6.45) is 0.153. The van der Waals surface area contributed by atoms with Crippen molar-refractivity contribution < 1.29 is 9.53 Å². The van der Waals surface area contributed by atoms with Crippen LogP contribution in [0.15, 0.2) is 23.1 Å². The molecule has 0 heterocycles. The van der Waals surface area contributed by atoms with Gasteiger partial charge in [-0.2, -0.15) is 0 Å². The van der Waals surface area contributed by atoms with Gasteiger partial charge in [-0.3, -0.25) is 4.79 Å². The Morgan fingerprint density at radius 3 is 2.71 bits per heavy atom. The monoisotopic (exact) mass is 312 g/mol. The molecular weight excluding hydrogens is 303 g/mol. The van der Waals surface area contributed by atoms with Crippen LogP contribution < -0.4 is 0 Å². The Bertz CT molecular complexity index is 398. The van der Waals surface area contributed by atoms with Crippen molar-refractivity contribution in [1.82, 2.24) is 0 Å². The lowest BCUT2D eigenvalue weighted by Gasteiger charge is -2.09. The number of halogens is 3. The Morgan fingerprint density at radius 2 is 2.12 bits per heavy atom. The molecule has 0 N–H and O–H groups in total. The summed E-state index contributed by atoms with van der Waals surface area (Å²) >= 11 is 19.0. The molecule has 0 saturated heterocycles. The van der Waals surface area contributed by atoms with E-state index in [-0.39, 0.29) is 17.1 Å². The van der Waals surface area contributed by atoms with E-state index in [0.29, 0.717) is 16.7 Å². The van der Waals surface area contributed by atoms with Crippen molar-refractivity contribution in [3.05, 3.63) is 28.2 Å². The van der Waals surface area contributed by atoms with Gasteiger partial charge >= 0.3 is 5.97 Å². The number of thioether (sulfide) groups is 1. The van der Waals surface area contributed by atoms with Gasteiger partial charge in [0.2, 0.25) is 0 Å². The van der Waals surface area contributed by atoms with Gasteiger partial charge in [-0.25, -0.2) is 0 Å². The number of rotatable bonds is 5. The highest BCUT2D eigenvalue weighted by Crippen LogP contribution is 2.32. The van der Waals surface area contributed by atoms with Crippen LogP contribution in [0.3, 0.4) is 0 Å². The summed E-state index contributed by atoms with van der Waals surface area (Å²) in [6, 6.07) is 5.22. The first kappa shape index (κ1) is 15.0. The average Bonchev–Trinajstić information content (AvgIpc) is 2.23. The summed E-state index contributed by atoms with van der Waals surface area (Å²) in [6.45, 7) is 2.12. The predicted octanol–water partition coefficient (Wildman–Crippen LogP) is 4.60. The first-order valence-electron chi connectivity index (χ1n) is 4.94. The van der Waals surface area contributed by atoms with Crippen molar-refractivity contribution in [2.75, 3.05) is 6.61 Å². The van der Waals surface area contributed by atoms with Gasteiger partial charge in [-0.15, -0.1) is 23.4 Å². The molecule has 0 bridgehead atoms. The zero-order valence-electron chi connectivity index (χ0n) is 9.08. The molecular formula is C11H11Cl3O2S. The van der Waals surface area contributed by atoms with E-state index in [4.69, 9.17) is 39.5 Å². The van der Waals surface area contributed by atoms with Crippen LogP contribution in [0.5, 0.6) is 0 Å². The Hall–Kier alpha value is -0.0900. The van der Waals surface area contributed by atoms with Crippen molar-refractivity contribution in [3.8, 4) is 0 Å². The van der Waals surface area contributed by atoms with Crippen LogP contribution in [-0.4, -0.2) is 17.3 Å². The third-order valence-corrected chi connectivity index (χ3v) is 3.90. The highest BCUT2D eigenvalue weighted by atomic mass is 35.5. The molecule has 0 saturated carbocycles. The fraction of sp³-hybridized carbons (Fsp3) is 0.364. The summed E-state index contributed by atoms with van der Waals surface area (Å²) < 4.78 is 4.43. The van der Waals surface area contributed by atoms with Gasteiger partial charge in [0.1, 0.15) is 0 Å². The normalized spacial score (nSPS) is 12.2. The molecule has 1 unspecified atom stereocenters. The second-order valence-electron chi connectivity index (χ2n) is 3.11. The van der Waals surface area contributed by atoms with E-state index in [2.05, 4.69) is 0 Å². The first-order chi connectivity index (χ1) is 8.02. The maximum atomic E-state index is 11.2. The zero-order chi connectivity index (χ0) is 12.8. The molecule has 1 atom stereocenters. The smallest absolute Gasteiger partial charge is 0.308 e. The summed E-state index contributed by atoms with van der Waals surface area (Å²) in [5, 5.41) is 0.962. The Morgan fingerprint density at radius 1 is 1.41 bits per heavy atom. The van der Waals surface area contributed by atoms with Gasteiger partial charge in [0.15, 0.2) is 0 Å². The van der Waals surface area contributed by atoms with Gasteiger partial charge in [-0.1, -0.05) is 23.2 Å². The van der Waals surface area contributed by atoms with Crippen LogP contribution in [0.25, 0.3) is 0 Å². The molecule has 0 amide bonds. The number of carbonyl (C=O) groups excluding carboxylic acids is 1. The number of hydrogen-bond acceptors (Lipinski definition) is 3. The largest absolute Gasteiger partial charge is 0.466 e. The molecule has 0 aliphatic carbocycles. The second-order valence-corrected chi connectivity index (χ2v) is 5.99. The minimum Gasteiger partial charge on any atom is -0.466 e. The third kappa shape index (κ3) is 5.38. The zero-order valence-corrected chi connectivity index (χ0v) is 12.2. The highest BCUT2D eigenvalue weighted by Gasteiger charge is 2.13. The molecule has 1 rings (SSSR count). The van der Waals surface area contributed by atoms with Gasteiger partial charge in [-0.05, 0) is 25.1 Å². The Kier molecular flexibility index (Phi) is 6.49. The Balaban J connectivity index is 2.53. The first-order valence-corrected chi connectivity index (χ1v) is 7.01. The molecule has 0 aliphatic rings. The van der Waals surface area contributed by atoms with Crippen LogP contribution in [0, 0.1) is 0 Å². The molecule has 0 aliphatic heterocycles. The van der Waals surface area contributed by atoms with Gasteiger partial charge in [0.05, 0.1) is 27.8 Å². The SMILES string of the molecule is CCOC(=O)CC(Cl)Sc1ccc(Cl)c(Cl)c1. The third-order valence-electron chi connectivity index (χ3n) is 1.79. The molecule has 6 heteroatoms. The number of benzene rings is 1. The minimum atomic E-state index is -0.383. The fourth-order valence-corrected chi connectivity index (χ4v) is 2.74. The number of ether oxygens (including phenoxy) is 1. The van der Waals surface area contributed by atoms with Crippen molar-refractivity contribution in [2.45, 2.75) is 22.9 Å². The van der Waals surface area contributed by atoms with Gasteiger partial charge < -0.3 is 4.74 Å². The van der Waals surface area contributed by atoms with E-state index in [1.807, 2.05) is 0 Å². The summed E-state index contributed by atoms with van der Waals surface area (Å²) in [5.74, 6) is -0.305. The Labute approximate surface area is 120 Å². The van der Waals surface area contributed by atoms with Crippen molar-refractivity contribution in [2.24, 2.45) is 0 Å². The lowest BCUT2D eigenvalue weighted by Crippen LogP contribution is -2.08. The molecule has 2 nitrogen and oxygen atoms in total. The highest BCUT2D eigenvalue weighted by molar-refractivity contribution is 8.01. The van der Waals surface area contributed by atoms with E-state index < -0.39 is 0 Å². The minimum absolute atomic E-state index is 0.153. The lowest BCUT2D eigenvalue weighted by atomic mass is 10.4. The molecule has 1 aromatic carbocycles. The lowest BCUT2D eigenvalue weighted by molar-refractivity contribution is -0.142. The topological polar surface area (TPSA) is 26.3 Å². The number of hydrogen-bond donors (Lipinski definition) is 0.